The predicted octanol–water partition coefficient (Wildman–Crippen LogP) is 4.61. The van der Waals surface area contributed by atoms with Crippen LogP contribution in [0.4, 0.5) is 15.8 Å². The number of nitrogens with zero attached hydrogens (tertiary/aromatic N) is 2. The van der Waals surface area contributed by atoms with Crippen LogP contribution in [0.25, 0.3) is 0 Å². The number of ether oxygens (including phenoxy) is 3. The minimum atomic E-state index is -0.581. The zero-order chi connectivity index (χ0) is 23.3. The van der Waals surface area contributed by atoms with Crippen LogP contribution >= 0.6 is 0 Å². The van der Waals surface area contributed by atoms with E-state index in [1.807, 2.05) is 0 Å². The Morgan fingerprint density at radius 1 is 0.969 bits per heavy atom. The van der Waals surface area contributed by atoms with Crippen molar-refractivity contribution in [3.63, 3.8) is 0 Å². The molecule has 0 aliphatic rings. The van der Waals surface area contributed by atoms with E-state index in [0.717, 1.165) is 0 Å². The maximum absolute atomic E-state index is 14.0. The summed E-state index contributed by atoms with van der Waals surface area (Å²) in [6.45, 7) is 0.0156. The van der Waals surface area contributed by atoms with Crippen molar-refractivity contribution >= 4 is 17.3 Å². The fourth-order valence-corrected chi connectivity index (χ4v) is 3.24. The van der Waals surface area contributed by atoms with Gasteiger partial charge in [0.15, 0.2) is 11.5 Å². The molecular formula is C23H21FN2O6. The minimum Gasteiger partial charge on any atom is -0.493 e. The highest BCUT2D eigenvalue weighted by atomic mass is 19.1. The lowest BCUT2D eigenvalue weighted by molar-refractivity contribution is -0.384. The summed E-state index contributed by atoms with van der Waals surface area (Å²) in [5.74, 6) is 0.117. The molecule has 3 aromatic rings. The minimum absolute atomic E-state index is 0.0156. The first-order chi connectivity index (χ1) is 15.4. The third-order valence-corrected chi connectivity index (χ3v) is 4.73. The molecule has 0 atom stereocenters. The molecule has 0 bridgehead atoms. The Balaban J connectivity index is 2.08. The van der Waals surface area contributed by atoms with Crippen LogP contribution < -0.4 is 19.1 Å². The zero-order valence-corrected chi connectivity index (χ0v) is 17.7. The molecule has 0 radical (unpaired) electrons. The van der Waals surface area contributed by atoms with Crippen LogP contribution in [0.2, 0.25) is 0 Å². The highest BCUT2D eigenvalue weighted by molar-refractivity contribution is 6.06. The molecule has 0 N–H and O–H groups in total. The monoisotopic (exact) mass is 440 g/mol. The summed E-state index contributed by atoms with van der Waals surface area (Å²) in [4.78, 5) is 25.2. The number of hydrogen-bond donors (Lipinski definition) is 0. The van der Waals surface area contributed by atoms with E-state index in [1.165, 1.54) is 68.7 Å². The van der Waals surface area contributed by atoms with Crippen molar-refractivity contribution in [2.75, 3.05) is 26.2 Å². The summed E-state index contributed by atoms with van der Waals surface area (Å²) in [5, 5.41) is 11.1. The van der Waals surface area contributed by atoms with Crippen molar-refractivity contribution in [3.8, 4) is 17.2 Å². The summed E-state index contributed by atoms with van der Waals surface area (Å²) in [5.41, 5.74) is 0.775. The lowest BCUT2D eigenvalue weighted by Crippen LogP contribution is -2.30. The molecule has 0 saturated carbocycles. The fourth-order valence-electron chi connectivity index (χ4n) is 3.24. The summed E-state index contributed by atoms with van der Waals surface area (Å²) in [6, 6.07) is 14.3. The van der Waals surface area contributed by atoms with Gasteiger partial charge in [0.1, 0.15) is 5.82 Å². The third kappa shape index (κ3) is 4.77. The van der Waals surface area contributed by atoms with E-state index >= 15 is 0 Å². The van der Waals surface area contributed by atoms with Crippen LogP contribution in [0.15, 0.2) is 60.7 Å². The quantitative estimate of drug-likeness (QED) is 0.375. The summed E-state index contributed by atoms with van der Waals surface area (Å²) in [6.07, 6.45) is 0. The molecule has 0 heterocycles. The van der Waals surface area contributed by atoms with Crippen molar-refractivity contribution in [3.05, 3.63) is 87.7 Å². The number of amides is 1. The standard InChI is InChI=1S/C23H21FN2O6/c1-30-20-10-15(11-21(31-2)22(20)32-3)14-25(18-8-5-7-17(24)13-18)23(27)16-6-4-9-19(12-16)26(28)29/h4-13H,14H2,1-3H3. The van der Waals surface area contributed by atoms with Gasteiger partial charge in [0, 0.05) is 23.4 Å². The molecular weight excluding hydrogens is 419 g/mol. The number of rotatable bonds is 8. The SMILES string of the molecule is COc1cc(CN(C(=O)c2cccc([N+](=O)[O-])c2)c2cccc(F)c2)cc(OC)c1OC. The van der Waals surface area contributed by atoms with Crippen LogP contribution in [-0.4, -0.2) is 32.2 Å². The smallest absolute Gasteiger partial charge is 0.270 e. The van der Waals surface area contributed by atoms with Gasteiger partial charge in [-0.1, -0.05) is 12.1 Å². The van der Waals surface area contributed by atoms with Crippen LogP contribution in [0.1, 0.15) is 15.9 Å². The summed E-state index contributed by atoms with van der Waals surface area (Å²) < 4.78 is 30.0. The molecule has 1 amide bonds. The van der Waals surface area contributed by atoms with Crippen LogP contribution in [0.3, 0.4) is 0 Å². The highest BCUT2D eigenvalue weighted by Crippen LogP contribution is 2.39. The molecule has 0 spiro atoms. The number of halogens is 1. The lowest BCUT2D eigenvalue weighted by atomic mass is 10.1. The Morgan fingerprint density at radius 2 is 1.62 bits per heavy atom. The van der Waals surface area contributed by atoms with Crippen molar-refractivity contribution in [2.45, 2.75) is 6.54 Å². The summed E-state index contributed by atoms with van der Waals surface area (Å²) >= 11 is 0. The molecule has 0 aliphatic heterocycles. The molecule has 9 heteroatoms. The Morgan fingerprint density at radius 3 is 2.19 bits per heavy atom. The Hall–Kier alpha value is -4.14. The number of benzene rings is 3. The first-order valence-electron chi connectivity index (χ1n) is 9.48. The number of nitro benzene ring substituents is 1. The molecule has 0 saturated heterocycles. The maximum atomic E-state index is 14.0. The topological polar surface area (TPSA) is 91.1 Å². The van der Waals surface area contributed by atoms with Crippen LogP contribution in [-0.2, 0) is 6.54 Å². The van der Waals surface area contributed by atoms with Crippen molar-refractivity contribution < 1.29 is 28.3 Å². The maximum Gasteiger partial charge on any atom is 0.270 e. The number of hydrogen-bond acceptors (Lipinski definition) is 6. The Labute approximate surface area is 183 Å². The van der Waals surface area contributed by atoms with Gasteiger partial charge in [-0.2, -0.15) is 0 Å². The molecule has 166 valence electrons. The molecule has 8 nitrogen and oxygen atoms in total. The second-order valence-electron chi connectivity index (χ2n) is 6.71. The number of carbonyl (C=O) groups excluding carboxylic acids is 1. The molecule has 32 heavy (non-hydrogen) atoms. The van der Waals surface area contributed by atoms with E-state index in [2.05, 4.69) is 0 Å². The van der Waals surface area contributed by atoms with Gasteiger partial charge >= 0.3 is 0 Å². The average molecular weight is 440 g/mol. The van der Waals surface area contributed by atoms with E-state index in [0.29, 0.717) is 22.8 Å². The van der Waals surface area contributed by atoms with Gasteiger partial charge in [-0.3, -0.25) is 14.9 Å². The van der Waals surface area contributed by atoms with E-state index in [-0.39, 0.29) is 23.5 Å². The number of anilines is 1. The molecule has 0 fully saturated rings. The van der Waals surface area contributed by atoms with Gasteiger partial charge in [-0.05, 0) is 42.0 Å². The first-order valence-corrected chi connectivity index (χ1v) is 9.48. The van der Waals surface area contributed by atoms with E-state index < -0.39 is 16.6 Å². The second kappa shape index (κ2) is 9.78. The van der Waals surface area contributed by atoms with Gasteiger partial charge in [-0.25, -0.2) is 4.39 Å². The van der Waals surface area contributed by atoms with Gasteiger partial charge < -0.3 is 19.1 Å². The number of nitro groups is 1. The average Bonchev–Trinajstić information content (AvgIpc) is 2.81. The largest absolute Gasteiger partial charge is 0.493 e. The normalized spacial score (nSPS) is 10.4. The van der Waals surface area contributed by atoms with Crippen molar-refractivity contribution in [1.82, 2.24) is 0 Å². The van der Waals surface area contributed by atoms with Gasteiger partial charge in [0.2, 0.25) is 5.75 Å². The molecule has 0 aliphatic carbocycles. The molecule has 3 aromatic carbocycles. The van der Waals surface area contributed by atoms with Crippen LogP contribution in [0.5, 0.6) is 17.2 Å². The van der Waals surface area contributed by atoms with E-state index in [9.17, 15) is 19.3 Å². The van der Waals surface area contributed by atoms with E-state index in [4.69, 9.17) is 14.2 Å². The Bertz CT molecular complexity index is 1130. The molecule has 0 unspecified atom stereocenters. The predicted molar refractivity (Wildman–Crippen MR) is 116 cm³/mol. The van der Waals surface area contributed by atoms with E-state index in [1.54, 1.807) is 18.2 Å². The van der Waals surface area contributed by atoms with Crippen LogP contribution in [0, 0.1) is 15.9 Å². The fraction of sp³-hybridized carbons (Fsp3) is 0.174. The third-order valence-electron chi connectivity index (χ3n) is 4.73. The van der Waals surface area contributed by atoms with Crippen molar-refractivity contribution in [1.29, 1.82) is 0 Å². The molecule has 3 rings (SSSR count). The lowest BCUT2D eigenvalue weighted by Gasteiger charge is -2.24. The second-order valence-corrected chi connectivity index (χ2v) is 6.71. The first kappa shape index (κ1) is 22.5. The number of methoxy groups -OCH3 is 3. The summed E-state index contributed by atoms with van der Waals surface area (Å²) in [7, 11) is 4.42. The zero-order valence-electron chi connectivity index (χ0n) is 17.7. The molecule has 0 aromatic heterocycles. The van der Waals surface area contributed by atoms with Gasteiger partial charge in [0.25, 0.3) is 11.6 Å². The number of non-ortho nitro benzene ring substituents is 1. The highest BCUT2D eigenvalue weighted by Gasteiger charge is 2.22. The Kier molecular flexibility index (Phi) is 6.89. The van der Waals surface area contributed by atoms with Gasteiger partial charge in [-0.15, -0.1) is 0 Å². The van der Waals surface area contributed by atoms with Gasteiger partial charge in [0.05, 0.1) is 32.8 Å². The number of carbonyl (C=O) groups is 1. The van der Waals surface area contributed by atoms with Crippen molar-refractivity contribution in [2.24, 2.45) is 0 Å².